The lowest BCUT2D eigenvalue weighted by Crippen LogP contribution is -2.42. The van der Waals surface area contributed by atoms with Gasteiger partial charge in [-0.2, -0.15) is 0 Å². The third-order valence-electron chi connectivity index (χ3n) is 6.99. The molecule has 1 N–H and O–H groups in total. The maximum Gasteiger partial charge on any atom is 0.415 e. The largest absolute Gasteiger partial charge is 0.474 e. The molecular weight excluding hydrogens is 569 g/mol. The number of hydrogen-bond donors (Lipinski definition) is 1. The van der Waals surface area contributed by atoms with Crippen LogP contribution in [0.5, 0.6) is 5.88 Å². The molecule has 11 nitrogen and oxygen atoms in total. The first-order valence-electron chi connectivity index (χ1n) is 13.4. The third kappa shape index (κ3) is 5.89. The summed E-state index contributed by atoms with van der Waals surface area (Å²) in [6.07, 6.45) is 1.84. The van der Waals surface area contributed by atoms with E-state index in [2.05, 4.69) is 15.3 Å². The van der Waals surface area contributed by atoms with E-state index in [4.69, 9.17) is 25.8 Å². The van der Waals surface area contributed by atoms with Gasteiger partial charge in [0.15, 0.2) is 0 Å². The fourth-order valence-corrected chi connectivity index (χ4v) is 5.22. The van der Waals surface area contributed by atoms with E-state index in [1.807, 2.05) is 0 Å². The molecule has 0 spiro atoms. The Labute approximate surface area is 246 Å². The topological polar surface area (TPSA) is 123 Å². The molecule has 2 aliphatic heterocycles. The summed E-state index contributed by atoms with van der Waals surface area (Å²) in [6.45, 7) is 7.83. The zero-order chi connectivity index (χ0) is 30.3. The Hall–Kier alpha value is -4.19. The molecule has 42 heavy (non-hydrogen) atoms. The number of nitrogens with zero attached hydrogens (tertiary/aromatic N) is 4. The van der Waals surface area contributed by atoms with Crippen LogP contribution in [0.1, 0.15) is 39.2 Å². The van der Waals surface area contributed by atoms with E-state index < -0.39 is 29.7 Å². The molecule has 4 heterocycles. The highest BCUT2D eigenvalue weighted by Gasteiger charge is 2.32. The molecule has 0 bridgehead atoms. The number of pyridine rings is 2. The summed E-state index contributed by atoms with van der Waals surface area (Å²) in [7, 11) is 1.66. The average molecular weight is 600 g/mol. The summed E-state index contributed by atoms with van der Waals surface area (Å²) in [6, 6.07) is 3.13. The molecule has 0 aliphatic carbocycles. The molecule has 222 valence electrons. The minimum absolute atomic E-state index is 0.000747. The second kappa shape index (κ2) is 11.2. The summed E-state index contributed by atoms with van der Waals surface area (Å²) in [4.78, 5) is 48.8. The highest BCUT2D eigenvalue weighted by atomic mass is 35.5. The number of piperidine rings is 1. The molecule has 5 rings (SSSR count). The van der Waals surface area contributed by atoms with Crippen molar-refractivity contribution in [2.45, 2.75) is 52.2 Å². The number of halogens is 2. The first-order valence-corrected chi connectivity index (χ1v) is 13.8. The van der Waals surface area contributed by atoms with Crippen LogP contribution in [0.25, 0.3) is 21.9 Å². The molecule has 3 aromatic rings. The maximum absolute atomic E-state index is 15.7. The van der Waals surface area contributed by atoms with Gasteiger partial charge in [0.25, 0.3) is 0 Å². The number of anilines is 2. The Balaban J connectivity index is 1.46. The van der Waals surface area contributed by atoms with Crippen LogP contribution in [0.2, 0.25) is 5.02 Å². The summed E-state index contributed by atoms with van der Waals surface area (Å²) in [5.41, 5.74) is 0.760. The number of benzene rings is 1. The molecule has 2 aliphatic rings. The van der Waals surface area contributed by atoms with Crippen LogP contribution in [0, 0.1) is 12.7 Å². The van der Waals surface area contributed by atoms with Crippen molar-refractivity contribution in [3.63, 3.8) is 0 Å². The molecule has 2 aromatic heterocycles. The summed E-state index contributed by atoms with van der Waals surface area (Å²) < 4.78 is 32.4. The number of carbonyl (C=O) groups is 3. The standard InChI is InChI=1S/C29H31ClFN5O6/c1-15-19(12-33-26-25(15)36(8-9-40-26)28(39)42-29(2,3)4)18-10-16-11-21(32-13-20(16)23(30)24(18)31)34-27(38)41-17-6-7-22(37)35(5)14-17/h10-13,17H,6-9,14H2,1-5H3,(H,32,34,38). The van der Waals surface area contributed by atoms with Crippen LogP contribution < -0.4 is 15.0 Å². The van der Waals surface area contributed by atoms with Gasteiger partial charge in [-0.1, -0.05) is 11.6 Å². The second-order valence-corrected chi connectivity index (χ2v) is 11.6. The fourth-order valence-electron chi connectivity index (χ4n) is 4.96. The van der Waals surface area contributed by atoms with Crippen molar-refractivity contribution < 1.29 is 33.0 Å². The third-order valence-corrected chi connectivity index (χ3v) is 7.36. The van der Waals surface area contributed by atoms with Crippen molar-refractivity contribution in [1.82, 2.24) is 14.9 Å². The Morgan fingerprint density at radius 3 is 2.67 bits per heavy atom. The van der Waals surface area contributed by atoms with Gasteiger partial charge in [0, 0.05) is 42.4 Å². The summed E-state index contributed by atoms with van der Waals surface area (Å²) in [5, 5.41) is 3.28. The number of fused-ring (bicyclic) bond motifs is 2. The Kier molecular flexibility index (Phi) is 7.84. The normalized spacial score (nSPS) is 17.0. The maximum atomic E-state index is 15.7. The molecule has 1 fully saturated rings. The number of ether oxygens (including phenoxy) is 3. The number of likely N-dealkylation sites (N-methyl/N-ethyl adjacent to an activating group) is 1. The zero-order valence-corrected chi connectivity index (χ0v) is 24.7. The SMILES string of the molecule is Cc1c(-c2cc3cc(NC(=O)OC4CCC(=O)N(C)C4)ncc3c(Cl)c2F)cnc2c1N(C(=O)OC(C)(C)C)CCO2. The molecule has 0 saturated carbocycles. The summed E-state index contributed by atoms with van der Waals surface area (Å²) >= 11 is 6.45. The highest BCUT2D eigenvalue weighted by molar-refractivity contribution is 6.36. The van der Waals surface area contributed by atoms with E-state index in [0.29, 0.717) is 47.0 Å². The molecule has 3 amide bonds. The average Bonchev–Trinajstić information content (AvgIpc) is 2.92. The minimum atomic E-state index is -0.722. The Morgan fingerprint density at radius 2 is 1.95 bits per heavy atom. The number of carbonyl (C=O) groups excluding carboxylic acids is 3. The molecule has 1 aromatic carbocycles. The number of rotatable bonds is 3. The first kappa shape index (κ1) is 29.3. The number of aromatic nitrogens is 2. The van der Waals surface area contributed by atoms with Crippen LogP contribution in [-0.4, -0.2) is 71.4 Å². The van der Waals surface area contributed by atoms with E-state index in [-0.39, 0.29) is 41.3 Å². The van der Waals surface area contributed by atoms with Crippen molar-refractivity contribution in [3.05, 3.63) is 40.9 Å². The first-order chi connectivity index (χ1) is 19.8. The van der Waals surface area contributed by atoms with E-state index in [1.54, 1.807) is 46.9 Å². The minimum Gasteiger partial charge on any atom is -0.474 e. The van der Waals surface area contributed by atoms with Gasteiger partial charge in [0.1, 0.15) is 35.6 Å². The molecule has 13 heteroatoms. The quantitative estimate of drug-likeness (QED) is 0.407. The van der Waals surface area contributed by atoms with E-state index >= 15 is 4.39 Å². The van der Waals surface area contributed by atoms with Crippen molar-refractivity contribution in [3.8, 4) is 17.0 Å². The van der Waals surface area contributed by atoms with E-state index in [1.165, 1.54) is 22.2 Å². The van der Waals surface area contributed by atoms with Gasteiger partial charge in [0.05, 0.1) is 18.1 Å². The second-order valence-electron chi connectivity index (χ2n) is 11.2. The predicted molar refractivity (Wildman–Crippen MR) is 155 cm³/mol. The van der Waals surface area contributed by atoms with Crippen LogP contribution in [0.4, 0.5) is 25.5 Å². The van der Waals surface area contributed by atoms with Crippen LogP contribution in [0.3, 0.4) is 0 Å². The number of nitrogens with one attached hydrogen (secondary N) is 1. The molecule has 1 atom stereocenters. The van der Waals surface area contributed by atoms with E-state index in [9.17, 15) is 14.4 Å². The number of hydrogen-bond acceptors (Lipinski definition) is 8. The lowest BCUT2D eigenvalue weighted by atomic mass is 9.97. The van der Waals surface area contributed by atoms with E-state index in [0.717, 1.165) is 0 Å². The predicted octanol–water partition coefficient (Wildman–Crippen LogP) is 5.70. The highest BCUT2D eigenvalue weighted by Crippen LogP contribution is 2.42. The van der Waals surface area contributed by atoms with Crippen molar-refractivity contribution >= 4 is 52.0 Å². The number of amides is 3. The van der Waals surface area contributed by atoms with Crippen molar-refractivity contribution in [2.24, 2.45) is 0 Å². The smallest absolute Gasteiger partial charge is 0.415 e. The number of likely N-dealkylation sites (tertiary alicyclic amines) is 1. The van der Waals surface area contributed by atoms with Gasteiger partial charge in [0.2, 0.25) is 11.8 Å². The van der Waals surface area contributed by atoms with Crippen LogP contribution in [0.15, 0.2) is 24.5 Å². The Bertz CT molecular complexity index is 1590. The van der Waals surface area contributed by atoms with Gasteiger partial charge in [-0.15, -0.1) is 0 Å². The van der Waals surface area contributed by atoms with Gasteiger partial charge < -0.3 is 19.1 Å². The zero-order valence-electron chi connectivity index (χ0n) is 23.9. The van der Waals surface area contributed by atoms with Crippen LogP contribution >= 0.6 is 11.6 Å². The monoisotopic (exact) mass is 599 g/mol. The van der Waals surface area contributed by atoms with Crippen LogP contribution in [-0.2, 0) is 14.3 Å². The lowest BCUT2D eigenvalue weighted by molar-refractivity contribution is -0.134. The van der Waals surface area contributed by atoms with Gasteiger partial charge in [-0.3, -0.25) is 15.0 Å². The van der Waals surface area contributed by atoms with Crippen molar-refractivity contribution in [1.29, 1.82) is 0 Å². The fraction of sp³-hybridized carbons (Fsp3) is 0.414. The molecule has 0 radical (unpaired) electrons. The summed E-state index contributed by atoms with van der Waals surface area (Å²) in [5.74, 6) is -0.275. The lowest BCUT2D eigenvalue weighted by Gasteiger charge is -2.32. The van der Waals surface area contributed by atoms with Crippen molar-refractivity contribution in [2.75, 3.05) is 37.0 Å². The molecular formula is C29H31ClFN5O6. The van der Waals surface area contributed by atoms with Gasteiger partial charge >= 0.3 is 12.2 Å². The molecule has 1 saturated heterocycles. The van der Waals surface area contributed by atoms with Gasteiger partial charge in [-0.05, 0) is 57.2 Å². The Morgan fingerprint density at radius 1 is 1.19 bits per heavy atom. The molecule has 1 unspecified atom stereocenters. The van der Waals surface area contributed by atoms with Gasteiger partial charge in [-0.25, -0.2) is 23.9 Å².